The molecule has 1 amide bonds. The minimum absolute atomic E-state index is 0.0698. The summed E-state index contributed by atoms with van der Waals surface area (Å²) in [5.74, 6) is 1.89. The van der Waals surface area contributed by atoms with E-state index in [9.17, 15) is 4.79 Å². The van der Waals surface area contributed by atoms with E-state index >= 15 is 0 Å². The summed E-state index contributed by atoms with van der Waals surface area (Å²) in [6.45, 7) is 7.95. The van der Waals surface area contributed by atoms with E-state index in [0.717, 1.165) is 17.1 Å². The van der Waals surface area contributed by atoms with Crippen molar-refractivity contribution < 1.29 is 9.53 Å². The standard InChI is InChI=1S/C16H22N4O2/c1-10(2)13-7-6-11(3)14(8-13)22-9-15(21)18-16-17-12(4)20(5)19-16/h6-8,10H,9H2,1-5H3,(H,18,19,21). The van der Waals surface area contributed by atoms with Gasteiger partial charge in [-0.15, -0.1) is 5.10 Å². The number of anilines is 1. The highest BCUT2D eigenvalue weighted by molar-refractivity contribution is 5.90. The molecule has 0 saturated carbocycles. The van der Waals surface area contributed by atoms with E-state index in [-0.39, 0.29) is 12.5 Å². The van der Waals surface area contributed by atoms with Crippen LogP contribution in [0.3, 0.4) is 0 Å². The van der Waals surface area contributed by atoms with Gasteiger partial charge in [0.1, 0.15) is 11.6 Å². The molecule has 1 aromatic heterocycles. The highest BCUT2D eigenvalue weighted by Gasteiger charge is 2.10. The molecule has 2 aromatic rings. The number of nitrogens with one attached hydrogen (secondary N) is 1. The number of ether oxygens (including phenoxy) is 1. The molecule has 0 unspecified atom stereocenters. The molecule has 22 heavy (non-hydrogen) atoms. The molecule has 118 valence electrons. The van der Waals surface area contributed by atoms with Crippen molar-refractivity contribution in [1.29, 1.82) is 0 Å². The second-order valence-electron chi connectivity index (χ2n) is 5.62. The van der Waals surface area contributed by atoms with E-state index in [1.54, 1.807) is 11.7 Å². The lowest BCUT2D eigenvalue weighted by atomic mass is 10.0. The van der Waals surface area contributed by atoms with Gasteiger partial charge in [0.15, 0.2) is 6.61 Å². The molecule has 0 spiro atoms. The highest BCUT2D eigenvalue weighted by atomic mass is 16.5. The van der Waals surface area contributed by atoms with Gasteiger partial charge in [0.2, 0.25) is 5.95 Å². The molecular formula is C16H22N4O2. The molecule has 2 rings (SSSR count). The number of benzene rings is 1. The van der Waals surface area contributed by atoms with Crippen molar-refractivity contribution in [2.24, 2.45) is 7.05 Å². The van der Waals surface area contributed by atoms with Crippen LogP contribution in [0.4, 0.5) is 5.95 Å². The molecule has 0 aliphatic heterocycles. The zero-order chi connectivity index (χ0) is 16.3. The van der Waals surface area contributed by atoms with Crippen molar-refractivity contribution in [3.63, 3.8) is 0 Å². The van der Waals surface area contributed by atoms with Crippen LogP contribution in [0.1, 0.15) is 36.7 Å². The largest absolute Gasteiger partial charge is 0.483 e. The van der Waals surface area contributed by atoms with Crippen LogP contribution in [0.15, 0.2) is 18.2 Å². The van der Waals surface area contributed by atoms with Gasteiger partial charge in [0, 0.05) is 7.05 Å². The average Bonchev–Trinajstić information content (AvgIpc) is 2.76. The molecule has 0 aliphatic carbocycles. The topological polar surface area (TPSA) is 69.0 Å². The van der Waals surface area contributed by atoms with Gasteiger partial charge in [-0.3, -0.25) is 14.8 Å². The molecule has 0 atom stereocenters. The Morgan fingerprint density at radius 3 is 2.68 bits per heavy atom. The Bertz CT molecular complexity index is 657. The fourth-order valence-electron chi connectivity index (χ4n) is 1.95. The summed E-state index contributed by atoms with van der Waals surface area (Å²) < 4.78 is 7.23. The van der Waals surface area contributed by atoms with Crippen LogP contribution >= 0.6 is 0 Å². The summed E-state index contributed by atoms with van der Waals surface area (Å²) in [6.07, 6.45) is 0. The zero-order valence-electron chi connectivity index (χ0n) is 13.7. The van der Waals surface area contributed by atoms with Crippen molar-refractivity contribution in [3.8, 4) is 5.75 Å². The van der Waals surface area contributed by atoms with Crippen LogP contribution in [-0.4, -0.2) is 27.3 Å². The first-order valence-corrected chi connectivity index (χ1v) is 7.27. The summed E-state index contributed by atoms with van der Waals surface area (Å²) >= 11 is 0. The minimum atomic E-state index is -0.278. The van der Waals surface area contributed by atoms with E-state index in [1.165, 1.54) is 5.56 Å². The molecule has 0 saturated heterocycles. The Hall–Kier alpha value is -2.37. The fraction of sp³-hybridized carbons (Fsp3) is 0.438. The monoisotopic (exact) mass is 302 g/mol. The van der Waals surface area contributed by atoms with E-state index in [2.05, 4.69) is 35.3 Å². The first kappa shape index (κ1) is 16.0. The summed E-state index contributed by atoms with van der Waals surface area (Å²) in [5, 5.41) is 6.70. The van der Waals surface area contributed by atoms with Gasteiger partial charge in [0.05, 0.1) is 0 Å². The molecule has 1 N–H and O–H groups in total. The highest BCUT2D eigenvalue weighted by Crippen LogP contribution is 2.24. The Morgan fingerprint density at radius 2 is 2.09 bits per heavy atom. The third-order valence-electron chi connectivity index (χ3n) is 3.47. The first-order valence-electron chi connectivity index (χ1n) is 7.27. The van der Waals surface area contributed by atoms with Gasteiger partial charge in [-0.1, -0.05) is 26.0 Å². The van der Waals surface area contributed by atoms with Gasteiger partial charge in [-0.05, 0) is 37.0 Å². The number of carbonyl (C=O) groups is 1. The van der Waals surface area contributed by atoms with Crippen LogP contribution in [0.5, 0.6) is 5.75 Å². The third kappa shape index (κ3) is 3.84. The number of aromatic nitrogens is 3. The number of rotatable bonds is 5. The normalized spacial score (nSPS) is 10.8. The maximum absolute atomic E-state index is 11.9. The van der Waals surface area contributed by atoms with Gasteiger partial charge in [-0.25, -0.2) is 0 Å². The Morgan fingerprint density at radius 1 is 1.36 bits per heavy atom. The molecule has 0 bridgehead atoms. The van der Waals surface area contributed by atoms with Gasteiger partial charge in [-0.2, -0.15) is 4.98 Å². The van der Waals surface area contributed by atoms with E-state index in [1.807, 2.05) is 26.0 Å². The Labute approximate surface area is 130 Å². The lowest BCUT2D eigenvalue weighted by Gasteiger charge is -2.12. The first-order chi connectivity index (χ1) is 10.4. The average molecular weight is 302 g/mol. The third-order valence-corrected chi connectivity index (χ3v) is 3.47. The number of carbonyl (C=O) groups excluding carboxylic acids is 1. The molecule has 6 nitrogen and oxygen atoms in total. The zero-order valence-corrected chi connectivity index (χ0v) is 13.7. The van der Waals surface area contributed by atoms with Crippen molar-refractivity contribution >= 4 is 11.9 Å². The van der Waals surface area contributed by atoms with E-state index in [0.29, 0.717) is 11.9 Å². The molecule has 1 aromatic carbocycles. The van der Waals surface area contributed by atoms with Crippen LogP contribution in [-0.2, 0) is 11.8 Å². The number of nitrogens with zero attached hydrogens (tertiary/aromatic N) is 3. The second-order valence-corrected chi connectivity index (χ2v) is 5.62. The van der Waals surface area contributed by atoms with Crippen LogP contribution in [0, 0.1) is 13.8 Å². The Balaban J connectivity index is 1.97. The van der Waals surface area contributed by atoms with E-state index < -0.39 is 0 Å². The fourth-order valence-corrected chi connectivity index (χ4v) is 1.95. The smallest absolute Gasteiger partial charge is 0.264 e. The SMILES string of the molecule is Cc1ccc(C(C)C)cc1OCC(=O)Nc1nc(C)n(C)n1. The van der Waals surface area contributed by atoms with Gasteiger partial charge < -0.3 is 4.74 Å². The lowest BCUT2D eigenvalue weighted by molar-refractivity contribution is -0.118. The molecule has 6 heteroatoms. The molecule has 1 heterocycles. The second kappa shape index (κ2) is 6.60. The van der Waals surface area contributed by atoms with Crippen molar-refractivity contribution in [1.82, 2.24) is 14.8 Å². The predicted octanol–water partition coefficient (Wildman–Crippen LogP) is 2.57. The number of aryl methyl sites for hydroxylation is 3. The number of hydrogen-bond donors (Lipinski definition) is 1. The number of hydrogen-bond acceptors (Lipinski definition) is 4. The molecule has 0 fully saturated rings. The van der Waals surface area contributed by atoms with Crippen LogP contribution in [0.25, 0.3) is 0 Å². The summed E-state index contributed by atoms with van der Waals surface area (Å²) in [4.78, 5) is 16.0. The number of amides is 1. The maximum atomic E-state index is 11.9. The van der Waals surface area contributed by atoms with Gasteiger partial charge in [0.25, 0.3) is 5.91 Å². The van der Waals surface area contributed by atoms with Crippen LogP contribution in [0.2, 0.25) is 0 Å². The summed E-state index contributed by atoms with van der Waals surface area (Å²) in [5.41, 5.74) is 2.19. The van der Waals surface area contributed by atoms with Crippen LogP contribution < -0.4 is 10.1 Å². The van der Waals surface area contributed by atoms with Gasteiger partial charge >= 0.3 is 0 Å². The maximum Gasteiger partial charge on any atom is 0.264 e. The quantitative estimate of drug-likeness (QED) is 0.921. The Kier molecular flexibility index (Phi) is 4.80. The molecular weight excluding hydrogens is 280 g/mol. The van der Waals surface area contributed by atoms with Crippen molar-refractivity contribution in [3.05, 3.63) is 35.2 Å². The lowest BCUT2D eigenvalue weighted by Crippen LogP contribution is -2.21. The summed E-state index contributed by atoms with van der Waals surface area (Å²) in [6, 6.07) is 6.07. The van der Waals surface area contributed by atoms with E-state index in [4.69, 9.17) is 4.74 Å². The predicted molar refractivity (Wildman–Crippen MR) is 85.1 cm³/mol. The molecule has 0 aliphatic rings. The van der Waals surface area contributed by atoms with Crippen molar-refractivity contribution in [2.75, 3.05) is 11.9 Å². The minimum Gasteiger partial charge on any atom is -0.483 e. The van der Waals surface area contributed by atoms with Crippen molar-refractivity contribution in [2.45, 2.75) is 33.6 Å². The summed E-state index contributed by atoms with van der Waals surface area (Å²) in [7, 11) is 1.77. The molecule has 0 radical (unpaired) electrons.